The first-order chi connectivity index (χ1) is 15.7. The van der Waals surface area contributed by atoms with Gasteiger partial charge in [0.2, 0.25) is 0 Å². The number of nitrogens with zero attached hydrogens (tertiary/aromatic N) is 5. The summed E-state index contributed by atoms with van der Waals surface area (Å²) < 4.78 is 20.1. The van der Waals surface area contributed by atoms with Crippen LogP contribution in [0.2, 0.25) is 0 Å². The summed E-state index contributed by atoms with van der Waals surface area (Å²) in [4.78, 5) is 10.8. The van der Waals surface area contributed by atoms with Gasteiger partial charge < -0.3 is 20.7 Å². The molecule has 33 heavy (non-hydrogen) atoms. The van der Waals surface area contributed by atoms with E-state index >= 15 is 0 Å². The molecule has 172 valence electrons. The first-order valence-corrected chi connectivity index (χ1v) is 10.9. The van der Waals surface area contributed by atoms with Crippen molar-refractivity contribution in [2.24, 2.45) is 0 Å². The van der Waals surface area contributed by atoms with Crippen molar-refractivity contribution in [2.75, 3.05) is 12.3 Å². The van der Waals surface area contributed by atoms with E-state index < -0.39 is 24.1 Å². The number of benzene rings is 1. The SMILES string of the molecule is Cc1nc(C(C)(O)CO)sc1-c1cnc(N)c(OC(C)c2cc(F)ccc2-n2nccn2)c1. The Morgan fingerprint density at radius 3 is 2.70 bits per heavy atom. The molecule has 4 aromatic rings. The fourth-order valence-corrected chi connectivity index (χ4v) is 4.35. The number of halogens is 1. The summed E-state index contributed by atoms with van der Waals surface area (Å²) in [6.07, 6.45) is 4.05. The Kier molecular flexibility index (Phi) is 6.11. The van der Waals surface area contributed by atoms with Crippen LogP contribution in [0.25, 0.3) is 16.1 Å². The zero-order valence-electron chi connectivity index (χ0n) is 18.2. The Morgan fingerprint density at radius 1 is 1.27 bits per heavy atom. The molecule has 0 aliphatic carbocycles. The Labute approximate surface area is 193 Å². The normalized spacial score (nSPS) is 14.1. The van der Waals surface area contributed by atoms with E-state index in [0.29, 0.717) is 33.3 Å². The lowest BCUT2D eigenvalue weighted by atomic mass is 10.1. The molecule has 0 saturated heterocycles. The van der Waals surface area contributed by atoms with E-state index in [1.807, 2.05) is 0 Å². The molecule has 0 amide bonds. The maximum atomic E-state index is 14.0. The van der Waals surface area contributed by atoms with E-state index in [9.17, 15) is 14.6 Å². The number of hydrogen-bond donors (Lipinski definition) is 3. The summed E-state index contributed by atoms with van der Waals surface area (Å²) in [5.74, 6) is 0.0670. The number of aliphatic hydroxyl groups excluding tert-OH is 1. The van der Waals surface area contributed by atoms with Gasteiger partial charge in [-0.1, -0.05) is 0 Å². The molecule has 0 saturated carbocycles. The molecule has 0 fully saturated rings. The number of pyridine rings is 1. The molecule has 2 unspecified atom stereocenters. The summed E-state index contributed by atoms with van der Waals surface area (Å²) in [7, 11) is 0. The second kappa shape index (κ2) is 8.85. The summed E-state index contributed by atoms with van der Waals surface area (Å²) in [5.41, 5.74) is 7.09. The molecule has 1 aromatic carbocycles. The fraction of sp³-hybridized carbons (Fsp3) is 0.273. The number of rotatable bonds is 7. The van der Waals surface area contributed by atoms with Crippen LogP contribution >= 0.6 is 11.3 Å². The van der Waals surface area contributed by atoms with Gasteiger partial charge in [0.05, 0.1) is 35.3 Å². The highest BCUT2D eigenvalue weighted by Crippen LogP contribution is 2.38. The Balaban J connectivity index is 1.68. The topological polar surface area (TPSA) is 132 Å². The Hall–Kier alpha value is -3.41. The van der Waals surface area contributed by atoms with Crippen LogP contribution in [0.15, 0.2) is 42.9 Å². The molecule has 0 bridgehead atoms. The quantitative estimate of drug-likeness (QED) is 0.375. The van der Waals surface area contributed by atoms with Crippen molar-refractivity contribution in [1.29, 1.82) is 0 Å². The van der Waals surface area contributed by atoms with Gasteiger partial charge >= 0.3 is 0 Å². The second-order valence-electron chi connectivity index (χ2n) is 7.75. The van der Waals surface area contributed by atoms with Gasteiger partial charge in [0, 0.05) is 17.3 Å². The zero-order chi connectivity index (χ0) is 23.8. The van der Waals surface area contributed by atoms with Gasteiger partial charge in [-0.25, -0.2) is 14.4 Å². The van der Waals surface area contributed by atoms with Crippen LogP contribution in [0.4, 0.5) is 10.2 Å². The minimum atomic E-state index is -1.45. The van der Waals surface area contributed by atoms with E-state index in [0.717, 1.165) is 4.88 Å². The van der Waals surface area contributed by atoms with E-state index in [2.05, 4.69) is 20.2 Å². The molecule has 4 rings (SSSR count). The van der Waals surface area contributed by atoms with Crippen molar-refractivity contribution in [3.8, 4) is 21.9 Å². The van der Waals surface area contributed by atoms with Gasteiger partial charge in [-0.2, -0.15) is 15.0 Å². The molecule has 4 N–H and O–H groups in total. The maximum absolute atomic E-state index is 14.0. The van der Waals surface area contributed by atoms with E-state index in [1.54, 1.807) is 32.2 Å². The average Bonchev–Trinajstić information content (AvgIpc) is 3.45. The van der Waals surface area contributed by atoms with Crippen LogP contribution in [0, 0.1) is 12.7 Å². The number of anilines is 1. The van der Waals surface area contributed by atoms with Crippen LogP contribution in [0.3, 0.4) is 0 Å². The molecule has 0 aliphatic rings. The number of ether oxygens (including phenoxy) is 1. The lowest BCUT2D eigenvalue weighted by Crippen LogP contribution is -2.25. The lowest BCUT2D eigenvalue weighted by molar-refractivity contribution is -0.00251. The minimum absolute atomic E-state index is 0.172. The monoisotopic (exact) mass is 470 g/mol. The minimum Gasteiger partial charge on any atom is -0.482 e. The predicted molar refractivity (Wildman–Crippen MR) is 122 cm³/mol. The Morgan fingerprint density at radius 2 is 2.00 bits per heavy atom. The number of nitrogens with two attached hydrogens (primary N) is 1. The molecule has 3 heterocycles. The summed E-state index contributed by atoms with van der Waals surface area (Å²) in [5, 5.41) is 28.4. The zero-order valence-corrected chi connectivity index (χ0v) is 19.0. The molecule has 3 aromatic heterocycles. The third kappa shape index (κ3) is 4.56. The van der Waals surface area contributed by atoms with Gasteiger partial charge in [-0.05, 0) is 45.0 Å². The molecule has 9 nitrogen and oxygen atoms in total. The smallest absolute Gasteiger partial charge is 0.166 e. The second-order valence-corrected chi connectivity index (χ2v) is 8.75. The van der Waals surface area contributed by atoms with Crippen molar-refractivity contribution >= 4 is 17.2 Å². The lowest BCUT2D eigenvalue weighted by Gasteiger charge is -2.19. The van der Waals surface area contributed by atoms with Crippen LogP contribution < -0.4 is 10.5 Å². The van der Waals surface area contributed by atoms with Gasteiger partial charge in [0.15, 0.2) is 11.6 Å². The number of thiazole rings is 1. The number of aromatic nitrogens is 5. The van der Waals surface area contributed by atoms with Gasteiger partial charge in [0.25, 0.3) is 0 Å². The first-order valence-electron chi connectivity index (χ1n) is 10.1. The van der Waals surface area contributed by atoms with Crippen molar-refractivity contribution in [3.63, 3.8) is 0 Å². The third-order valence-corrected chi connectivity index (χ3v) is 6.53. The van der Waals surface area contributed by atoms with Crippen molar-refractivity contribution in [1.82, 2.24) is 25.0 Å². The maximum Gasteiger partial charge on any atom is 0.166 e. The molecular formula is C22H23FN6O3S. The molecular weight excluding hydrogens is 447 g/mol. The highest BCUT2D eigenvalue weighted by Gasteiger charge is 2.28. The van der Waals surface area contributed by atoms with Gasteiger partial charge in [-0.15, -0.1) is 11.3 Å². The van der Waals surface area contributed by atoms with Crippen LogP contribution in [-0.2, 0) is 5.60 Å². The Bertz CT molecular complexity index is 1280. The highest BCUT2D eigenvalue weighted by atomic mass is 32.1. The largest absolute Gasteiger partial charge is 0.482 e. The van der Waals surface area contributed by atoms with Crippen LogP contribution in [-0.4, -0.2) is 41.8 Å². The van der Waals surface area contributed by atoms with Gasteiger partial charge in [-0.3, -0.25) is 0 Å². The predicted octanol–water partition coefficient (Wildman–Crippen LogP) is 3.16. The first kappa shape index (κ1) is 22.8. The number of hydrogen-bond acceptors (Lipinski definition) is 9. The molecule has 0 aliphatic heterocycles. The van der Waals surface area contributed by atoms with Crippen molar-refractivity contribution < 1.29 is 19.3 Å². The summed E-state index contributed by atoms with van der Waals surface area (Å²) in [6, 6.07) is 6.00. The summed E-state index contributed by atoms with van der Waals surface area (Å²) >= 11 is 1.25. The number of aliphatic hydroxyl groups is 2. The van der Waals surface area contributed by atoms with Crippen LogP contribution in [0.1, 0.15) is 36.2 Å². The summed E-state index contributed by atoms with van der Waals surface area (Å²) in [6.45, 7) is 4.62. The number of aryl methyl sites for hydroxylation is 1. The van der Waals surface area contributed by atoms with Gasteiger partial charge in [0.1, 0.15) is 22.5 Å². The molecule has 0 radical (unpaired) electrons. The highest BCUT2D eigenvalue weighted by molar-refractivity contribution is 7.15. The average molecular weight is 471 g/mol. The fourth-order valence-electron chi connectivity index (χ4n) is 3.26. The van der Waals surface area contributed by atoms with E-state index in [-0.39, 0.29) is 5.82 Å². The number of nitrogen functional groups attached to an aromatic ring is 1. The van der Waals surface area contributed by atoms with Crippen molar-refractivity contribution in [2.45, 2.75) is 32.5 Å². The standard InChI is InChI=1S/C22H23FN6O3S/c1-12-19(33-21(28-12)22(3,31)11-30)14-8-18(20(24)25-10-14)32-13(2)16-9-15(23)4-5-17(16)29-26-6-7-27-29/h4-10,13,30-31H,11H2,1-3H3,(H2,24,25). The molecule has 11 heteroatoms. The van der Waals surface area contributed by atoms with Crippen LogP contribution in [0.5, 0.6) is 5.75 Å². The molecule has 2 atom stereocenters. The molecule has 0 spiro atoms. The van der Waals surface area contributed by atoms with E-state index in [1.165, 1.54) is 47.6 Å². The van der Waals surface area contributed by atoms with Crippen molar-refractivity contribution in [3.05, 3.63) is 64.9 Å². The third-order valence-electron chi connectivity index (χ3n) is 5.07. The van der Waals surface area contributed by atoms with E-state index in [4.69, 9.17) is 10.5 Å².